The number of rotatable bonds is 2. The first kappa shape index (κ1) is 11.4. The summed E-state index contributed by atoms with van der Waals surface area (Å²) in [6.45, 7) is 1.95. The van der Waals surface area contributed by atoms with Gasteiger partial charge in [-0.2, -0.15) is 5.26 Å². The number of benzene rings is 1. The number of nitrogens with zero attached hydrogens (tertiary/aromatic N) is 1. The van der Waals surface area contributed by atoms with Crippen molar-refractivity contribution < 1.29 is 4.79 Å². The predicted molar refractivity (Wildman–Crippen MR) is 68.2 cm³/mol. The van der Waals surface area contributed by atoms with E-state index in [1.165, 1.54) is 11.3 Å². The molecular weight excluding hydrogens is 232 g/mol. The van der Waals surface area contributed by atoms with Crippen molar-refractivity contribution in [2.75, 3.05) is 5.32 Å². The maximum atomic E-state index is 11.8. The van der Waals surface area contributed by atoms with Crippen molar-refractivity contribution in [2.45, 2.75) is 6.92 Å². The third-order valence-corrected chi connectivity index (χ3v) is 3.27. The molecule has 0 saturated heterocycles. The fourth-order valence-electron chi connectivity index (χ4n) is 1.37. The van der Waals surface area contributed by atoms with Crippen LogP contribution < -0.4 is 5.32 Å². The number of hydrogen-bond acceptors (Lipinski definition) is 3. The van der Waals surface area contributed by atoms with Gasteiger partial charge in [0.05, 0.1) is 16.5 Å². The zero-order valence-corrected chi connectivity index (χ0v) is 10.0. The molecule has 1 aromatic heterocycles. The molecule has 1 amide bonds. The number of aryl methyl sites for hydroxylation is 1. The van der Waals surface area contributed by atoms with Crippen molar-refractivity contribution >= 4 is 22.9 Å². The smallest absolute Gasteiger partial charge is 0.265 e. The fraction of sp³-hybridized carbons (Fsp3) is 0.0769. The number of carbonyl (C=O) groups excluding carboxylic acids is 1. The first-order valence-corrected chi connectivity index (χ1v) is 5.93. The van der Waals surface area contributed by atoms with E-state index in [2.05, 4.69) is 5.32 Å². The van der Waals surface area contributed by atoms with E-state index in [0.717, 1.165) is 5.56 Å². The van der Waals surface area contributed by atoms with Crippen molar-refractivity contribution in [3.8, 4) is 6.07 Å². The molecule has 0 bridgehead atoms. The molecule has 17 heavy (non-hydrogen) atoms. The van der Waals surface area contributed by atoms with Crippen LogP contribution in [0.25, 0.3) is 0 Å². The number of nitrogens with one attached hydrogen (secondary N) is 1. The number of hydrogen-bond donors (Lipinski definition) is 1. The predicted octanol–water partition coefficient (Wildman–Crippen LogP) is 3.18. The molecule has 0 unspecified atom stereocenters. The fourth-order valence-corrected chi connectivity index (χ4v) is 2.16. The molecule has 0 aliphatic carbocycles. The zero-order valence-electron chi connectivity index (χ0n) is 9.23. The summed E-state index contributed by atoms with van der Waals surface area (Å²) in [5, 5.41) is 13.4. The molecule has 0 atom stereocenters. The Morgan fingerprint density at radius 2 is 2.06 bits per heavy atom. The van der Waals surface area contributed by atoms with E-state index in [1.54, 1.807) is 24.3 Å². The summed E-state index contributed by atoms with van der Waals surface area (Å²) in [5.74, 6) is -0.118. The minimum atomic E-state index is -0.118. The van der Waals surface area contributed by atoms with Crippen LogP contribution in [0.4, 0.5) is 5.69 Å². The van der Waals surface area contributed by atoms with Gasteiger partial charge in [0.1, 0.15) is 0 Å². The molecule has 0 aliphatic heterocycles. The van der Waals surface area contributed by atoms with E-state index in [-0.39, 0.29) is 5.91 Å². The van der Waals surface area contributed by atoms with Crippen LogP contribution in [0.2, 0.25) is 0 Å². The van der Waals surface area contributed by atoms with E-state index >= 15 is 0 Å². The number of anilines is 1. The Hall–Kier alpha value is -2.12. The second-order valence-electron chi connectivity index (χ2n) is 3.63. The molecule has 2 aromatic rings. The van der Waals surface area contributed by atoms with Gasteiger partial charge in [0.25, 0.3) is 5.91 Å². The van der Waals surface area contributed by atoms with E-state index in [0.29, 0.717) is 16.1 Å². The maximum absolute atomic E-state index is 11.8. The lowest BCUT2D eigenvalue weighted by Gasteiger charge is -2.02. The Bertz CT molecular complexity index is 578. The van der Waals surface area contributed by atoms with Gasteiger partial charge in [0, 0.05) is 5.69 Å². The summed E-state index contributed by atoms with van der Waals surface area (Å²) in [6.07, 6.45) is 0. The molecule has 84 valence electrons. The van der Waals surface area contributed by atoms with Gasteiger partial charge in [-0.1, -0.05) is 0 Å². The van der Waals surface area contributed by atoms with Gasteiger partial charge in [-0.05, 0) is 48.2 Å². The topological polar surface area (TPSA) is 52.9 Å². The first-order valence-electron chi connectivity index (χ1n) is 5.05. The summed E-state index contributed by atoms with van der Waals surface area (Å²) in [6, 6.07) is 10.7. The highest BCUT2D eigenvalue weighted by Crippen LogP contribution is 2.16. The summed E-state index contributed by atoms with van der Waals surface area (Å²) < 4.78 is 0. The molecular formula is C13H10N2OS. The molecule has 1 heterocycles. The maximum Gasteiger partial charge on any atom is 0.265 e. The number of nitriles is 1. The lowest BCUT2D eigenvalue weighted by molar-refractivity contribution is 0.103. The SMILES string of the molecule is Cc1csc(C(=O)Nc2ccc(C#N)cc2)c1. The molecule has 1 aromatic carbocycles. The quantitative estimate of drug-likeness (QED) is 0.879. The minimum absolute atomic E-state index is 0.118. The van der Waals surface area contributed by atoms with E-state index < -0.39 is 0 Å². The third kappa shape index (κ3) is 2.71. The van der Waals surface area contributed by atoms with E-state index in [1.807, 2.05) is 24.4 Å². The van der Waals surface area contributed by atoms with Gasteiger partial charge < -0.3 is 5.32 Å². The highest BCUT2D eigenvalue weighted by atomic mass is 32.1. The van der Waals surface area contributed by atoms with E-state index in [9.17, 15) is 4.79 Å². The number of carbonyl (C=O) groups is 1. The van der Waals surface area contributed by atoms with Crippen LogP contribution in [0.1, 0.15) is 20.8 Å². The standard InChI is InChI=1S/C13H10N2OS/c1-9-6-12(17-8-9)13(16)15-11-4-2-10(7-14)3-5-11/h2-6,8H,1H3,(H,15,16). The van der Waals surface area contributed by atoms with Gasteiger partial charge in [-0.3, -0.25) is 4.79 Å². The van der Waals surface area contributed by atoms with Crippen LogP contribution in [-0.2, 0) is 0 Å². The lowest BCUT2D eigenvalue weighted by atomic mass is 10.2. The van der Waals surface area contributed by atoms with Crippen LogP contribution in [0.5, 0.6) is 0 Å². The highest BCUT2D eigenvalue weighted by Gasteiger charge is 2.07. The van der Waals surface area contributed by atoms with Crippen molar-refractivity contribution in [3.63, 3.8) is 0 Å². The van der Waals surface area contributed by atoms with E-state index in [4.69, 9.17) is 5.26 Å². The van der Waals surface area contributed by atoms with Crippen LogP contribution in [-0.4, -0.2) is 5.91 Å². The monoisotopic (exact) mass is 242 g/mol. The minimum Gasteiger partial charge on any atom is -0.321 e. The van der Waals surface area contributed by atoms with Crippen LogP contribution in [0.3, 0.4) is 0 Å². The summed E-state index contributed by atoms with van der Waals surface area (Å²) in [7, 11) is 0. The van der Waals surface area contributed by atoms with Gasteiger partial charge in [-0.25, -0.2) is 0 Å². The van der Waals surface area contributed by atoms with Gasteiger partial charge in [0.15, 0.2) is 0 Å². The van der Waals surface area contributed by atoms with Crippen molar-refractivity contribution in [2.24, 2.45) is 0 Å². The molecule has 3 nitrogen and oxygen atoms in total. The molecule has 0 saturated carbocycles. The highest BCUT2D eigenvalue weighted by molar-refractivity contribution is 7.12. The largest absolute Gasteiger partial charge is 0.321 e. The molecule has 4 heteroatoms. The molecule has 0 fully saturated rings. The molecule has 0 spiro atoms. The van der Waals surface area contributed by atoms with Crippen LogP contribution >= 0.6 is 11.3 Å². The average Bonchev–Trinajstić information content (AvgIpc) is 2.77. The Labute approximate surface area is 103 Å². The Morgan fingerprint density at radius 3 is 2.59 bits per heavy atom. The van der Waals surface area contributed by atoms with Crippen LogP contribution in [0, 0.1) is 18.3 Å². The third-order valence-electron chi connectivity index (χ3n) is 2.23. The molecule has 1 N–H and O–H groups in total. The van der Waals surface area contributed by atoms with Gasteiger partial charge >= 0.3 is 0 Å². The number of thiophene rings is 1. The molecule has 0 radical (unpaired) electrons. The summed E-state index contributed by atoms with van der Waals surface area (Å²) >= 11 is 1.42. The first-order chi connectivity index (χ1) is 8.19. The van der Waals surface area contributed by atoms with Gasteiger partial charge in [-0.15, -0.1) is 11.3 Å². The van der Waals surface area contributed by atoms with Crippen molar-refractivity contribution in [1.82, 2.24) is 0 Å². The van der Waals surface area contributed by atoms with Crippen LogP contribution in [0.15, 0.2) is 35.7 Å². The average molecular weight is 242 g/mol. The zero-order chi connectivity index (χ0) is 12.3. The second kappa shape index (κ2) is 4.81. The summed E-state index contributed by atoms with van der Waals surface area (Å²) in [4.78, 5) is 12.5. The lowest BCUT2D eigenvalue weighted by Crippen LogP contribution is -2.09. The second-order valence-corrected chi connectivity index (χ2v) is 4.54. The number of amides is 1. The Balaban J connectivity index is 2.11. The van der Waals surface area contributed by atoms with Crippen molar-refractivity contribution in [3.05, 3.63) is 51.7 Å². The summed E-state index contributed by atoms with van der Waals surface area (Å²) in [5.41, 5.74) is 2.36. The van der Waals surface area contributed by atoms with Gasteiger partial charge in [0.2, 0.25) is 0 Å². The molecule has 0 aliphatic rings. The Morgan fingerprint density at radius 1 is 1.35 bits per heavy atom. The normalized spacial score (nSPS) is 9.65. The van der Waals surface area contributed by atoms with Crippen molar-refractivity contribution in [1.29, 1.82) is 5.26 Å². The molecule has 2 rings (SSSR count). The Kier molecular flexibility index (Phi) is 3.22.